The first-order valence-electron chi connectivity index (χ1n) is 7.44. The topological polar surface area (TPSA) is 82.3 Å². The summed E-state index contributed by atoms with van der Waals surface area (Å²) >= 11 is 0. The molecule has 0 aromatic heterocycles. The first-order chi connectivity index (χ1) is 11.3. The van der Waals surface area contributed by atoms with E-state index in [1.165, 1.54) is 0 Å². The Balaban J connectivity index is 1.60. The van der Waals surface area contributed by atoms with Gasteiger partial charge >= 0.3 is 0 Å². The lowest BCUT2D eigenvalue weighted by atomic mass is 9.94. The lowest BCUT2D eigenvalue weighted by Crippen LogP contribution is -2.46. The molecule has 0 radical (unpaired) electrons. The van der Waals surface area contributed by atoms with Crippen LogP contribution in [-0.4, -0.2) is 18.4 Å². The van der Waals surface area contributed by atoms with Crippen LogP contribution in [0, 0.1) is 5.92 Å². The molecule has 2 aromatic rings. The number of nitrogens with one attached hydrogen (secondary N) is 4. The fourth-order valence-electron chi connectivity index (χ4n) is 2.59. The third kappa shape index (κ3) is 3.56. The van der Waals surface area contributed by atoms with Crippen LogP contribution < -0.4 is 21.7 Å². The molecule has 23 heavy (non-hydrogen) atoms. The van der Waals surface area contributed by atoms with Crippen LogP contribution in [0.3, 0.4) is 0 Å². The van der Waals surface area contributed by atoms with Crippen LogP contribution in [0.15, 0.2) is 60.7 Å². The molecule has 1 aliphatic rings. The normalized spacial score (nSPS) is 20.0. The molecule has 0 saturated carbocycles. The van der Waals surface area contributed by atoms with Crippen LogP contribution in [0.2, 0.25) is 0 Å². The number of rotatable bonds is 3. The monoisotopic (exact) mass is 310 g/mol. The third-order valence-corrected chi connectivity index (χ3v) is 3.81. The van der Waals surface area contributed by atoms with E-state index in [0.717, 1.165) is 5.56 Å². The van der Waals surface area contributed by atoms with Crippen molar-refractivity contribution < 1.29 is 9.59 Å². The molecule has 0 spiro atoms. The number of hydrogen-bond acceptors (Lipinski definition) is 4. The van der Waals surface area contributed by atoms with Crippen molar-refractivity contribution >= 4 is 11.8 Å². The van der Waals surface area contributed by atoms with E-state index in [0.29, 0.717) is 12.1 Å². The average Bonchev–Trinajstić information content (AvgIpc) is 3.11. The summed E-state index contributed by atoms with van der Waals surface area (Å²) in [5, 5.41) is 0. The SMILES string of the molecule is O=C(NNC(=O)C1CNNC1c1ccccc1)c1ccccc1. The Labute approximate surface area is 134 Å². The maximum absolute atomic E-state index is 12.4. The standard InChI is InChI=1S/C17H18N4O2/c22-16(13-9-5-2-6-10-13)20-21-17(23)14-11-18-19-15(14)12-7-3-1-4-8-12/h1-10,14-15,18-19H,11H2,(H,20,22)(H,21,23). The second-order valence-corrected chi connectivity index (χ2v) is 5.33. The van der Waals surface area contributed by atoms with Crippen LogP contribution in [0.4, 0.5) is 0 Å². The molecule has 4 N–H and O–H groups in total. The van der Waals surface area contributed by atoms with Crippen LogP contribution >= 0.6 is 0 Å². The van der Waals surface area contributed by atoms with E-state index in [1.807, 2.05) is 36.4 Å². The smallest absolute Gasteiger partial charge is 0.269 e. The van der Waals surface area contributed by atoms with Crippen molar-refractivity contribution in [1.82, 2.24) is 21.7 Å². The highest BCUT2D eigenvalue weighted by atomic mass is 16.2. The van der Waals surface area contributed by atoms with Crippen molar-refractivity contribution in [2.75, 3.05) is 6.54 Å². The van der Waals surface area contributed by atoms with Crippen molar-refractivity contribution in [1.29, 1.82) is 0 Å². The maximum Gasteiger partial charge on any atom is 0.269 e. The quantitative estimate of drug-likeness (QED) is 0.635. The Morgan fingerprint density at radius 1 is 0.913 bits per heavy atom. The zero-order valence-corrected chi connectivity index (χ0v) is 12.5. The van der Waals surface area contributed by atoms with Crippen LogP contribution in [0.5, 0.6) is 0 Å². The predicted octanol–water partition coefficient (Wildman–Crippen LogP) is 0.913. The highest BCUT2D eigenvalue weighted by molar-refractivity contribution is 5.95. The summed E-state index contributed by atoms with van der Waals surface area (Å²) in [5.41, 5.74) is 12.6. The van der Waals surface area contributed by atoms with Gasteiger partial charge in [-0.2, -0.15) is 0 Å². The first kappa shape index (κ1) is 15.2. The number of carbonyl (C=O) groups is 2. The van der Waals surface area contributed by atoms with Gasteiger partial charge in [0.15, 0.2) is 0 Å². The number of amides is 2. The molecule has 2 aromatic carbocycles. The van der Waals surface area contributed by atoms with Crippen molar-refractivity contribution in [3.05, 3.63) is 71.8 Å². The van der Waals surface area contributed by atoms with Crippen molar-refractivity contribution in [2.45, 2.75) is 6.04 Å². The van der Waals surface area contributed by atoms with Gasteiger partial charge in [-0.3, -0.25) is 25.9 Å². The van der Waals surface area contributed by atoms with E-state index in [1.54, 1.807) is 24.3 Å². The lowest BCUT2D eigenvalue weighted by molar-refractivity contribution is -0.125. The van der Waals surface area contributed by atoms with Gasteiger partial charge in [-0.1, -0.05) is 48.5 Å². The van der Waals surface area contributed by atoms with Gasteiger partial charge in [0, 0.05) is 12.1 Å². The van der Waals surface area contributed by atoms with Gasteiger partial charge < -0.3 is 0 Å². The molecule has 1 aliphatic heterocycles. The van der Waals surface area contributed by atoms with E-state index in [2.05, 4.69) is 21.7 Å². The summed E-state index contributed by atoms with van der Waals surface area (Å²) < 4.78 is 0. The van der Waals surface area contributed by atoms with Crippen molar-refractivity contribution in [2.24, 2.45) is 5.92 Å². The predicted molar refractivity (Wildman–Crippen MR) is 85.9 cm³/mol. The number of hydrogen-bond donors (Lipinski definition) is 4. The van der Waals surface area contributed by atoms with Gasteiger partial charge in [0.1, 0.15) is 0 Å². The minimum Gasteiger partial charge on any atom is -0.273 e. The van der Waals surface area contributed by atoms with Crippen LogP contribution in [0.25, 0.3) is 0 Å². The van der Waals surface area contributed by atoms with Crippen LogP contribution in [0.1, 0.15) is 22.0 Å². The van der Waals surface area contributed by atoms with Crippen molar-refractivity contribution in [3.8, 4) is 0 Å². The molecule has 1 saturated heterocycles. The van der Waals surface area contributed by atoms with Crippen molar-refractivity contribution in [3.63, 3.8) is 0 Å². The van der Waals surface area contributed by atoms with Gasteiger partial charge in [-0.15, -0.1) is 0 Å². The van der Waals surface area contributed by atoms with E-state index in [9.17, 15) is 9.59 Å². The largest absolute Gasteiger partial charge is 0.273 e. The molecule has 6 heteroatoms. The van der Waals surface area contributed by atoms with E-state index in [-0.39, 0.29) is 23.8 Å². The summed E-state index contributed by atoms with van der Waals surface area (Å²) in [6, 6.07) is 18.3. The molecule has 0 bridgehead atoms. The zero-order chi connectivity index (χ0) is 16.1. The average molecular weight is 310 g/mol. The summed E-state index contributed by atoms with van der Waals surface area (Å²) in [4.78, 5) is 24.3. The molecule has 2 atom stereocenters. The lowest BCUT2D eigenvalue weighted by Gasteiger charge is -2.18. The molecule has 3 rings (SSSR count). The molecular formula is C17H18N4O2. The minimum absolute atomic E-state index is 0.134. The summed E-state index contributed by atoms with van der Waals surface area (Å²) in [6.07, 6.45) is 0. The number of hydrazine groups is 2. The summed E-state index contributed by atoms with van der Waals surface area (Å²) in [7, 11) is 0. The summed E-state index contributed by atoms with van der Waals surface area (Å²) in [6.45, 7) is 0.493. The number of carbonyl (C=O) groups excluding carboxylic acids is 2. The van der Waals surface area contributed by atoms with E-state index >= 15 is 0 Å². The minimum atomic E-state index is -0.339. The molecule has 6 nitrogen and oxygen atoms in total. The second kappa shape index (κ2) is 7.04. The van der Waals surface area contributed by atoms with Gasteiger partial charge in [-0.25, -0.2) is 5.43 Å². The van der Waals surface area contributed by atoms with E-state index < -0.39 is 0 Å². The second-order valence-electron chi connectivity index (χ2n) is 5.33. The molecule has 2 amide bonds. The number of benzene rings is 2. The third-order valence-electron chi connectivity index (χ3n) is 3.81. The van der Waals surface area contributed by atoms with Crippen LogP contribution in [-0.2, 0) is 4.79 Å². The molecule has 2 unspecified atom stereocenters. The Kier molecular flexibility index (Phi) is 4.65. The molecule has 1 fully saturated rings. The maximum atomic E-state index is 12.4. The van der Waals surface area contributed by atoms with E-state index in [4.69, 9.17) is 0 Å². The Morgan fingerprint density at radius 3 is 2.26 bits per heavy atom. The first-order valence-corrected chi connectivity index (χ1v) is 7.44. The highest BCUT2D eigenvalue weighted by Gasteiger charge is 2.34. The fourth-order valence-corrected chi connectivity index (χ4v) is 2.59. The highest BCUT2D eigenvalue weighted by Crippen LogP contribution is 2.24. The van der Waals surface area contributed by atoms with Gasteiger partial charge in [0.2, 0.25) is 5.91 Å². The Bertz CT molecular complexity index is 676. The molecule has 0 aliphatic carbocycles. The molecule has 118 valence electrons. The fraction of sp³-hybridized carbons (Fsp3) is 0.176. The molecular weight excluding hydrogens is 292 g/mol. The van der Waals surface area contributed by atoms with Gasteiger partial charge in [0.05, 0.1) is 12.0 Å². The van der Waals surface area contributed by atoms with Gasteiger partial charge in [-0.05, 0) is 17.7 Å². The Hall–Kier alpha value is -2.70. The molecule has 1 heterocycles. The summed E-state index contributed by atoms with van der Waals surface area (Å²) in [5.74, 6) is -0.886. The zero-order valence-electron chi connectivity index (χ0n) is 12.5. The Morgan fingerprint density at radius 2 is 1.57 bits per heavy atom. The van der Waals surface area contributed by atoms with Gasteiger partial charge in [0.25, 0.3) is 5.91 Å².